The van der Waals surface area contributed by atoms with Gasteiger partial charge in [-0.05, 0) is 55.8 Å². The zero-order valence-electron chi connectivity index (χ0n) is 14.6. The van der Waals surface area contributed by atoms with Crippen LogP contribution >= 0.6 is 0 Å². The first-order valence-electron chi connectivity index (χ1n) is 8.63. The Labute approximate surface area is 153 Å². The van der Waals surface area contributed by atoms with Crippen LogP contribution in [0.25, 0.3) is 0 Å². The van der Waals surface area contributed by atoms with E-state index in [1.807, 2.05) is 0 Å². The van der Waals surface area contributed by atoms with Crippen LogP contribution in [-0.4, -0.2) is 32.7 Å². The number of para-hydroxylation sites is 1. The summed E-state index contributed by atoms with van der Waals surface area (Å²) in [7, 11) is -3.37. The maximum absolute atomic E-state index is 12.2. The summed E-state index contributed by atoms with van der Waals surface area (Å²) in [5, 5.41) is 6.02. The first-order chi connectivity index (χ1) is 12.5. The number of nitrogens with one attached hydrogen (secondary N) is 2. The van der Waals surface area contributed by atoms with Crippen molar-refractivity contribution in [3.05, 3.63) is 48.5 Å². The van der Waals surface area contributed by atoms with Crippen molar-refractivity contribution in [2.45, 2.75) is 30.7 Å². The minimum Gasteiger partial charge on any atom is -0.456 e. The lowest BCUT2D eigenvalue weighted by molar-refractivity contribution is -0.117. The Hall–Kier alpha value is -2.38. The van der Waals surface area contributed by atoms with Gasteiger partial charge in [0.25, 0.3) is 0 Å². The zero-order valence-corrected chi connectivity index (χ0v) is 15.4. The third-order valence-electron chi connectivity index (χ3n) is 4.29. The number of ether oxygens (including phenoxy) is 1. The molecular formula is C19H22N2O4S. The van der Waals surface area contributed by atoms with Crippen LogP contribution in [0.2, 0.25) is 0 Å². The molecule has 1 aliphatic rings. The van der Waals surface area contributed by atoms with E-state index in [-0.39, 0.29) is 22.6 Å². The molecule has 7 heteroatoms. The molecule has 1 fully saturated rings. The Morgan fingerprint density at radius 2 is 1.92 bits per heavy atom. The fraction of sp³-hybridized carbons (Fsp3) is 0.316. The Kier molecular flexibility index (Phi) is 5.58. The highest BCUT2D eigenvalue weighted by Crippen LogP contribution is 2.30. The quantitative estimate of drug-likeness (QED) is 0.812. The van der Waals surface area contributed by atoms with E-state index in [9.17, 15) is 13.2 Å². The lowest BCUT2D eigenvalue weighted by Crippen LogP contribution is -2.35. The molecule has 0 radical (unpaired) electrons. The highest BCUT2D eigenvalue weighted by molar-refractivity contribution is 7.91. The second-order valence-corrected chi connectivity index (χ2v) is 8.36. The molecule has 2 aromatic carbocycles. The molecule has 0 spiro atoms. The second-order valence-electron chi connectivity index (χ2n) is 6.11. The zero-order chi connectivity index (χ0) is 18.6. The van der Waals surface area contributed by atoms with E-state index < -0.39 is 9.84 Å². The van der Waals surface area contributed by atoms with Crippen LogP contribution in [0.5, 0.6) is 11.5 Å². The number of hydrogen-bond donors (Lipinski definition) is 2. The van der Waals surface area contributed by atoms with Gasteiger partial charge in [-0.15, -0.1) is 0 Å². The number of anilines is 1. The minimum absolute atomic E-state index is 0.00749. The fourth-order valence-corrected chi connectivity index (χ4v) is 3.83. The van der Waals surface area contributed by atoms with Gasteiger partial charge in [-0.2, -0.15) is 0 Å². The normalized spacial score (nSPS) is 17.0. The van der Waals surface area contributed by atoms with Crippen LogP contribution < -0.4 is 15.4 Å². The summed E-state index contributed by atoms with van der Waals surface area (Å²) >= 11 is 0. The SMILES string of the molecule is CCS(=O)(=O)c1ccccc1Oc1ccc(NC(=O)C2CCCN2)cc1. The molecule has 1 saturated heterocycles. The summed E-state index contributed by atoms with van der Waals surface area (Å²) in [6, 6.07) is 13.3. The maximum atomic E-state index is 12.2. The molecule has 2 N–H and O–H groups in total. The number of sulfone groups is 1. The highest BCUT2D eigenvalue weighted by Gasteiger charge is 2.22. The van der Waals surface area contributed by atoms with Crippen LogP contribution in [0.3, 0.4) is 0 Å². The van der Waals surface area contributed by atoms with Gasteiger partial charge in [0.1, 0.15) is 16.4 Å². The molecule has 1 amide bonds. The Bertz CT molecular complexity index is 873. The predicted octanol–water partition coefficient (Wildman–Crippen LogP) is 2.96. The van der Waals surface area contributed by atoms with E-state index in [0.717, 1.165) is 19.4 Å². The van der Waals surface area contributed by atoms with Crippen LogP contribution in [-0.2, 0) is 14.6 Å². The van der Waals surface area contributed by atoms with Crippen molar-refractivity contribution >= 4 is 21.4 Å². The largest absolute Gasteiger partial charge is 0.456 e. The molecule has 26 heavy (non-hydrogen) atoms. The van der Waals surface area contributed by atoms with Crippen molar-refractivity contribution in [2.24, 2.45) is 0 Å². The number of carbonyl (C=O) groups is 1. The van der Waals surface area contributed by atoms with Crippen LogP contribution in [0, 0.1) is 0 Å². The first kappa shape index (κ1) is 18.4. The van der Waals surface area contributed by atoms with Crippen molar-refractivity contribution < 1.29 is 17.9 Å². The smallest absolute Gasteiger partial charge is 0.241 e. The third kappa shape index (κ3) is 4.23. The number of benzene rings is 2. The molecule has 1 atom stereocenters. The standard InChI is InChI=1S/C19H22N2O4S/c1-2-26(23,24)18-8-4-3-7-17(18)25-15-11-9-14(10-12-15)21-19(22)16-6-5-13-20-16/h3-4,7-12,16,20H,2,5-6,13H2,1H3,(H,21,22). The summed E-state index contributed by atoms with van der Waals surface area (Å²) in [5.41, 5.74) is 0.672. The van der Waals surface area contributed by atoms with E-state index in [0.29, 0.717) is 17.2 Å². The molecule has 0 saturated carbocycles. The first-order valence-corrected chi connectivity index (χ1v) is 10.3. The Morgan fingerprint density at radius 1 is 1.19 bits per heavy atom. The van der Waals surface area contributed by atoms with Gasteiger partial charge in [-0.3, -0.25) is 4.79 Å². The maximum Gasteiger partial charge on any atom is 0.241 e. The molecule has 0 bridgehead atoms. The molecule has 3 rings (SSSR count). The van der Waals surface area contributed by atoms with Gasteiger partial charge in [0.05, 0.1) is 11.8 Å². The van der Waals surface area contributed by atoms with Gasteiger partial charge >= 0.3 is 0 Å². The molecule has 1 unspecified atom stereocenters. The second kappa shape index (κ2) is 7.88. The van der Waals surface area contributed by atoms with Crippen LogP contribution in [0.1, 0.15) is 19.8 Å². The monoisotopic (exact) mass is 374 g/mol. The summed E-state index contributed by atoms with van der Waals surface area (Å²) in [6.45, 7) is 2.47. The van der Waals surface area contributed by atoms with Gasteiger partial charge in [0.15, 0.2) is 9.84 Å². The predicted molar refractivity (Wildman–Crippen MR) is 100 cm³/mol. The molecule has 6 nitrogen and oxygen atoms in total. The summed E-state index contributed by atoms with van der Waals surface area (Å²) in [4.78, 5) is 12.3. The minimum atomic E-state index is -3.37. The molecule has 1 aliphatic heterocycles. The fourth-order valence-electron chi connectivity index (χ4n) is 2.82. The summed E-state index contributed by atoms with van der Waals surface area (Å²) in [6.07, 6.45) is 1.85. The van der Waals surface area contributed by atoms with Gasteiger partial charge in [0, 0.05) is 5.69 Å². The molecule has 0 aromatic heterocycles. The summed E-state index contributed by atoms with van der Waals surface area (Å²) in [5.74, 6) is 0.755. The van der Waals surface area contributed by atoms with E-state index in [1.165, 1.54) is 6.07 Å². The summed E-state index contributed by atoms with van der Waals surface area (Å²) < 4.78 is 30.1. The van der Waals surface area contributed by atoms with Crippen molar-refractivity contribution in [3.8, 4) is 11.5 Å². The number of rotatable bonds is 6. The van der Waals surface area contributed by atoms with Gasteiger partial charge in [0.2, 0.25) is 5.91 Å². The number of amides is 1. The molecular weight excluding hydrogens is 352 g/mol. The number of carbonyl (C=O) groups excluding carboxylic acids is 1. The molecule has 1 heterocycles. The van der Waals surface area contributed by atoms with Crippen molar-refractivity contribution in [1.29, 1.82) is 0 Å². The highest BCUT2D eigenvalue weighted by atomic mass is 32.2. The van der Waals surface area contributed by atoms with E-state index >= 15 is 0 Å². The molecule has 138 valence electrons. The van der Waals surface area contributed by atoms with E-state index in [1.54, 1.807) is 49.4 Å². The van der Waals surface area contributed by atoms with Gasteiger partial charge in [-0.1, -0.05) is 19.1 Å². The van der Waals surface area contributed by atoms with Crippen molar-refractivity contribution in [1.82, 2.24) is 5.32 Å². The average Bonchev–Trinajstić information content (AvgIpc) is 3.18. The van der Waals surface area contributed by atoms with E-state index in [2.05, 4.69) is 10.6 Å². The lowest BCUT2D eigenvalue weighted by atomic mass is 10.2. The third-order valence-corrected chi connectivity index (χ3v) is 6.06. The molecule has 2 aromatic rings. The topological polar surface area (TPSA) is 84.5 Å². The van der Waals surface area contributed by atoms with Crippen molar-refractivity contribution in [3.63, 3.8) is 0 Å². The van der Waals surface area contributed by atoms with Crippen LogP contribution in [0.15, 0.2) is 53.4 Å². The van der Waals surface area contributed by atoms with Crippen molar-refractivity contribution in [2.75, 3.05) is 17.6 Å². The van der Waals surface area contributed by atoms with Gasteiger partial charge in [-0.25, -0.2) is 8.42 Å². The van der Waals surface area contributed by atoms with Gasteiger partial charge < -0.3 is 15.4 Å². The number of hydrogen-bond acceptors (Lipinski definition) is 5. The Morgan fingerprint density at radius 3 is 2.58 bits per heavy atom. The lowest BCUT2D eigenvalue weighted by Gasteiger charge is -2.13. The Balaban J connectivity index is 1.71. The average molecular weight is 374 g/mol. The molecule has 0 aliphatic carbocycles. The van der Waals surface area contributed by atoms with E-state index in [4.69, 9.17) is 4.74 Å². The van der Waals surface area contributed by atoms with Crippen LogP contribution in [0.4, 0.5) is 5.69 Å².